The molecule has 3 aromatic rings. The summed E-state index contributed by atoms with van der Waals surface area (Å²) in [6.45, 7) is 0.479. The Kier molecular flexibility index (Phi) is 6.04. The molecule has 0 aliphatic heterocycles. The number of nitrogens with zero attached hydrogens (tertiary/aromatic N) is 1. The molecule has 0 aromatic heterocycles. The maximum Gasteiger partial charge on any atom is 0.256 e. The Morgan fingerprint density at radius 1 is 0.889 bits per heavy atom. The molecule has 0 radical (unpaired) electrons. The highest BCUT2D eigenvalue weighted by atomic mass is 79.9. The zero-order chi connectivity index (χ0) is 19.2. The van der Waals surface area contributed by atoms with Crippen molar-refractivity contribution in [1.29, 1.82) is 0 Å². The van der Waals surface area contributed by atoms with Crippen molar-refractivity contribution in [2.75, 3.05) is 12.4 Å². The summed E-state index contributed by atoms with van der Waals surface area (Å²) >= 11 is 3.41. The molecular weight excluding hydrogens is 404 g/mol. The van der Waals surface area contributed by atoms with Crippen LogP contribution >= 0.6 is 15.9 Å². The number of amides is 2. The minimum absolute atomic E-state index is 0.151. The van der Waals surface area contributed by atoms with E-state index >= 15 is 0 Å². The van der Waals surface area contributed by atoms with Crippen molar-refractivity contribution >= 4 is 33.4 Å². The fourth-order valence-electron chi connectivity index (χ4n) is 2.70. The molecule has 4 nitrogen and oxygen atoms in total. The van der Waals surface area contributed by atoms with Crippen LogP contribution in [-0.2, 0) is 6.54 Å². The topological polar surface area (TPSA) is 49.4 Å². The molecule has 0 heterocycles. The number of anilines is 1. The lowest BCUT2D eigenvalue weighted by Crippen LogP contribution is -2.27. The van der Waals surface area contributed by atoms with Gasteiger partial charge < -0.3 is 10.2 Å². The largest absolute Gasteiger partial charge is 0.337 e. The molecule has 0 saturated carbocycles. The van der Waals surface area contributed by atoms with Gasteiger partial charge in [-0.15, -0.1) is 0 Å². The first-order valence-electron chi connectivity index (χ1n) is 8.50. The summed E-state index contributed by atoms with van der Waals surface area (Å²) in [7, 11) is 1.75. The SMILES string of the molecule is CN(Cc1ccc(Br)cc1)C(=O)c1ccccc1NC(=O)c1ccccc1. The molecule has 1 N–H and O–H groups in total. The molecule has 3 rings (SSSR count). The monoisotopic (exact) mass is 422 g/mol. The molecule has 0 aliphatic rings. The maximum absolute atomic E-state index is 12.9. The van der Waals surface area contributed by atoms with Crippen molar-refractivity contribution in [2.45, 2.75) is 6.54 Å². The highest BCUT2D eigenvalue weighted by Crippen LogP contribution is 2.19. The van der Waals surface area contributed by atoms with Gasteiger partial charge >= 0.3 is 0 Å². The normalized spacial score (nSPS) is 10.3. The number of benzene rings is 3. The predicted molar refractivity (Wildman–Crippen MR) is 111 cm³/mol. The van der Waals surface area contributed by atoms with Gasteiger partial charge in [0.15, 0.2) is 0 Å². The zero-order valence-electron chi connectivity index (χ0n) is 14.9. The smallest absolute Gasteiger partial charge is 0.256 e. The van der Waals surface area contributed by atoms with Crippen LogP contribution in [0.3, 0.4) is 0 Å². The van der Waals surface area contributed by atoms with Crippen molar-refractivity contribution in [2.24, 2.45) is 0 Å². The van der Waals surface area contributed by atoms with Crippen LogP contribution in [-0.4, -0.2) is 23.8 Å². The molecule has 0 atom stereocenters. The van der Waals surface area contributed by atoms with Gasteiger partial charge in [0.05, 0.1) is 11.3 Å². The number of carbonyl (C=O) groups is 2. The molecule has 2 amide bonds. The fourth-order valence-corrected chi connectivity index (χ4v) is 2.97. The number of halogens is 1. The summed E-state index contributed by atoms with van der Waals surface area (Å²) in [6.07, 6.45) is 0. The number of nitrogens with one attached hydrogen (secondary N) is 1. The Hall–Kier alpha value is -2.92. The standard InChI is InChI=1S/C22H19BrN2O2/c1-25(15-16-11-13-18(23)14-12-16)22(27)19-9-5-6-10-20(19)24-21(26)17-7-3-2-4-8-17/h2-14H,15H2,1H3,(H,24,26). The Morgan fingerprint density at radius 2 is 1.52 bits per heavy atom. The van der Waals surface area contributed by atoms with Crippen LogP contribution < -0.4 is 5.32 Å². The van der Waals surface area contributed by atoms with Crippen LogP contribution in [0.4, 0.5) is 5.69 Å². The van der Waals surface area contributed by atoms with E-state index in [1.807, 2.05) is 30.3 Å². The molecular formula is C22H19BrN2O2. The summed E-state index contributed by atoms with van der Waals surface area (Å²) < 4.78 is 0.995. The number of hydrogen-bond donors (Lipinski definition) is 1. The van der Waals surface area contributed by atoms with Crippen molar-refractivity contribution in [3.8, 4) is 0 Å². The Balaban J connectivity index is 1.77. The van der Waals surface area contributed by atoms with Gasteiger partial charge in [-0.05, 0) is 42.0 Å². The van der Waals surface area contributed by atoms with E-state index in [1.165, 1.54) is 0 Å². The van der Waals surface area contributed by atoms with E-state index in [-0.39, 0.29) is 11.8 Å². The third kappa shape index (κ3) is 4.83. The van der Waals surface area contributed by atoms with Crippen molar-refractivity contribution in [3.63, 3.8) is 0 Å². The van der Waals surface area contributed by atoms with Gasteiger partial charge in [0, 0.05) is 23.6 Å². The first-order valence-corrected chi connectivity index (χ1v) is 9.29. The number of para-hydroxylation sites is 1. The Labute approximate surface area is 167 Å². The molecule has 3 aromatic carbocycles. The van der Waals surface area contributed by atoms with E-state index in [0.717, 1.165) is 10.0 Å². The van der Waals surface area contributed by atoms with Crippen LogP contribution in [0.2, 0.25) is 0 Å². The first kappa shape index (κ1) is 18.9. The molecule has 27 heavy (non-hydrogen) atoms. The summed E-state index contributed by atoms with van der Waals surface area (Å²) in [4.78, 5) is 27.0. The lowest BCUT2D eigenvalue weighted by Gasteiger charge is -2.19. The van der Waals surface area contributed by atoms with E-state index in [4.69, 9.17) is 0 Å². The van der Waals surface area contributed by atoms with E-state index in [1.54, 1.807) is 60.5 Å². The van der Waals surface area contributed by atoms with Gasteiger partial charge in [-0.25, -0.2) is 0 Å². The minimum atomic E-state index is -0.244. The third-order valence-corrected chi connectivity index (χ3v) is 4.65. The second-order valence-electron chi connectivity index (χ2n) is 6.15. The van der Waals surface area contributed by atoms with Gasteiger partial charge in [-0.3, -0.25) is 9.59 Å². The zero-order valence-corrected chi connectivity index (χ0v) is 16.4. The summed E-state index contributed by atoms with van der Waals surface area (Å²) in [6, 6.07) is 23.8. The quantitative estimate of drug-likeness (QED) is 0.630. The average molecular weight is 423 g/mol. The van der Waals surface area contributed by atoms with Gasteiger partial charge in [0.1, 0.15) is 0 Å². The molecule has 0 aliphatic carbocycles. The average Bonchev–Trinajstić information content (AvgIpc) is 2.70. The highest BCUT2D eigenvalue weighted by Gasteiger charge is 2.17. The third-order valence-electron chi connectivity index (χ3n) is 4.12. The van der Waals surface area contributed by atoms with Crippen LogP contribution in [0.15, 0.2) is 83.3 Å². The van der Waals surface area contributed by atoms with Crippen LogP contribution in [0.5, 0.6) is 0 Å². The van der Waals surface area contributed by atoms with Gasteiger partial charge in [0.25, 0.3) is 11.8 Å². The highest BCUT2D eigenvalue weighted by molar-refractivity contribution is 9.10. The molecule has 5 heteroatoms. The lowest BCUT2D eigenvalue weighted by molar-refractivity contribution is 0.0786. The van der Waals surface area contributed by atoms with Crippen LogP contribution in [0.1, 0.15) is 26.3 Å². The molecule has 0 unspecified atom stereocenters. The molecule has 0 spiro atoms. The first-order chi connectivity index (χ1) is 13.0. The number of hydrogen-bond acceptors (Lipinski definition) is 2. The molecule has 0 fully saturated rings. The number of carbonyl (C=O) groups excluding carboxylic acids is 2. The van der Waals surface area contributed by atoms with Crippen molar-refractivity contribution in [1.82, 2.24) is 4.90 Å². The second-order valence-corrected chi connectivity index (χ2v) is 7.07. The maximum atomic E-state index is 12.9. The fraction of sp³-hybridized carbons (Fsp3) is 0.0909. The van der Waals surface area contributed by atoms with E-state index < -0.39 is 0 Å². The summed E-state index contributed by atoms with van der Waals surface area (Å²) in [5.41, 5.74) is 2.53. The van der Waals surface area contributed by atoms with Crippen molar-refractivity contribution in [3.05, 3.63) is 100 Å². The van der Waals surface area contributed by atoms with E-state index in [0.29, 0.717) is 23.4 Å². The van der Waals surface area contributed by atoms with Gasteiger partial charge in [0.2, 0.25) is 0 Å². The number of rotatable bonds is 5. The van der Waals surface area contributed by atoms with Crippen LogP contribution in [0, 0.1) is 0 Å². The van der Waals surface area contributed by atoms with Crippen LogP contribution in [0.25, 0.3) is 0 Å². The second kappa shape index (κ2) is 8.64. The van der Waals surface area contributed by atoms with Gasteiger partial charge in [-0.2, -0.15) is 0 Å². The predicted octanol–water partition coefficient (Wildman–Crippen LogP) is 4.97. The lowest BCUT2D eigenvalue weighted by atomic mass is 10.1. The van der Waals surface area contributed by atoms with Crippen molar-refractivity contribution < 1.29 is 9.59 Å². The summed E-state index contributed by atoms with van der Waals surface area (Å²) in [5.74, 6) is -0.395. The Morgan fingerprint density at radius 3 is 2.22 bits per heavy atom. The summed E-state index contributed by atoms with van der Waals surface area (Å²) in [5, 5.41) is 2.84. The molecule has 136 valence electrons. The molecule has 0 bridgehead atoms. The van der Waals surface area contributed by atoms with E-state index in [9.17, 15) is 9.59 Å². The van der Waals surface area contributed by atoms with Gasteiger partial charge in [-0.1, -0.05) is 58.4 Å². The minimum Gasteiger partial charge on any atom is -0.337 e. The van der Waals surface area contributed by atoms with E-state index in [2.05, 4.69) is 21.2 Å². The Bertz CT molecular complexity index is 940. The molecule has 0 saturated heterocycles.